The maximum atomic E-state index is 12.0. The normalized spacial score (nSPS) is 13.0. The molecule has 0 unspecified atom stereocenters. The van der Waals surface area contributed by atoms with Crippen molar-refractivity contribution in [2.75, 3.05) is 20.6 Å². The van der Waals surface area contributed by atoms with Crippen LogP contribution in [0.5, 0.6) is 0 Å². The average Bonchev–Trinajstić information content (AvgIpc) is 3.06. The third-order valence-corrected chi connectivity index (χ3v) is 5.11. The number of furan rings is 1. The summed E-state index contributed by atoms with van der Waals surface area (Å²) in [6.45, 7) is 0.0239. The van der Waals surface area contributed by atoms with E-state index in [2.05, 4.69) is 5.32 Å². The van der Waals surface area contributed by atoms with E-state index in [-0.39, 0.29) is 11.4 Å². The fourth-order valence-corrected chi connectivity index (χ4v) is 2.76. The molecule has 7 nitrogen and oxygen atoms in total. The molecule has 2 rings (SSSR count). The van der Waals surface area contributed by atoms with Gasteiger partial charge in [0.15, 0.2) is 0 Å². The van der Waals surface area contributed by atoms with Gasteiger partial charge in [0.2, 0.25) is 10.0 Å². The van der Waals surface area contributed by atoms with Crippen LogP contribution in [-0.2, 0) is 10.0 Å². The van der Waals surface area contributed by atoms with Gasteiger partial charge in [0.25, 0.3) is 5.91 Å². The van der Waals surface area contributed by atoms with Crippen LogP contribution in [0.4, 0.5) is 0 Å². The van der Waals surface area contributed by atoms with E-state index >= 15 is 0 Å². The minimum atomic E-state index is -3.52. The molecule has 1 amide bonds. The van der Waals surface area contributed by atoms with Crippen LogP contribution < -0.4 is 5.32 Å². The van der Waals surface area contributed by atoms with Crippen LogP contribution in [0.2, 0.25) is 0 Å². The van der Waals surface area contributed by atoms with Crippen molar-refractivity contribution in [1.29, 1.82) is 0 Å². The van der Waals surface area contributed by atoms with Crippen LogP contribution in [0, 0.1) is 0 Å². The number of aliphatic hydroxyl groups excluding tert-OH is 1. The van der Waals surface area contributed by atoms with Gasteiger partial charge in [0.1, 0.15) is 0 Å². The highest BCUT2D eigenvalue weighted by Gasteiger charge is 2.18. The maximum absolute atomic E-state index is 12.0. The number of rotatable bonds is 6. The molecule has 0 spiro atoms. The Morgan fingerprint density at radius 2 is 1.91 bits per heavy atom. The number of carbonyl (C=O) groups is 1. The van der Waals surface area contributed by atoms with Gasteiger partial charge in [-0.25, -0.2) is 12.7 Å². The molecule has 1 aromatic carbocycles. The summed E-state index contributed by atoms with van der Waals surface area (Å²) in [6.07, 6.45) is 1.97. The van der Waals surface area contributed by atoms with Gasteiger partial charge < -0.3 is 14.8 Å². The number of amides is 1. The number of hydrogen-bond acceptors (Lipinski definition) is 5. The molecule has 2 aromatic rings. The molecule has 0 radical (unpaired) electrons. The van der Waals surface area contributed by atoms with Gasteiger partial charge in [0.05, 0.1) is 23.5 Å². The monoisotopic (exact) mass is 338 g/mol. The Labute approximate surface area is 134 Å². The highest BCUT2D eigenvalue weighted by molar-refractivity contribution is 7.89. The van der Waals surface area contributed by atoms with Crippen LogP contribution in [0.25, 0.3) is 0 Å². The van der Waals surface area contributed by atoms with Crippen LogP contribution in [0.3, 0.4) is 0 Å². The van der Waals surface area contributed by atoms with Crippen LogP contribution in [0.1, 0.15) is 22.0 Å². The van der Waals surface area contributed by atoms with Crippen LogP contribution >= 0.6 is 0 Å². The Bertz CT molecular complexity index is 752. The molecule has 0 aliphatic carbocycles. The first-order valence-corrected chi connectivity index (χ1v) is 8.27. The number of aliphatic hydroxyl groups is 1. The molecule has 1 heterocycles. The summed E-state index contributed by atoms with van der Waals surface area (Å²) in [5.41, 5.74) is 0.875. The molecule has 124 valence electrons. The minimum Gasteiger partial charge on any atom is -0.472 e. The molecule has 2 N–H and O–H groups in total. The third kappa shape index (κ3) is 3.98. The molecule has 0 fully saturated rings. The maximum Gasteiger partial charge on any atom is 0.251 e. The van der Waals surface area contributed by atoms with E-state index in [1.165, 1.54) is 50.9 Å². The fourth-order valence-electron chi connectivity index (χ4n) is 1.86. The van der Waals surface area contributed by atoms with E-state index in [1.807, 2.05) is 0 Å². The van der Waals surface area contributed by atoms with Crippen molar-refractivity contribution in [2.24, 2.45) is 0 Å². The van der Waals surface area contributed by atoms with Crippen molar-refractivity contribution in [2.45, 2.75) is 11.0 Å². The number of nitrogens with zero attached hydrogens (tertiary/aromatic N) is 1. The van der Waals surface area contributed by atoms with Crippen LogP contribution in [0.15, 0.2) is 52.2 Å². The smallest absolute Gasteiger partial charge is 0.251 e. The van der Waals surface area contributed by atoms with E-state index in [9.17, 15) is 18.3 Å². The van der Waals surface area contributed by atoms with Gasteiger partial charge in [-0.2, -0.15) is 0 Å². The van der Waals surface area contributed by atoms with Crippen LogP contribution in [-0.4, -0.2) is 44.4 Å². The van der Waals surface area contributed by atoms with E-state index < -0.39 is 22.0 Å². The summed E-state index contributed by atoms with van der Waals surface area (Å²) in [4.78, 5) is 12.1. The molecule has 1 aromatic heterocycles. The predicted molar refractivity (Wildman–Crippen MR) is 83.3 cm³/mol. The quantitative estimate of drug-likeness (QED) is 0.818. The summed E-state index contributed by atoms with van der Waals surface area (Å²) in [5.74, 6) is -0.402. The topological polar surface area (TPSA) is 99.9 Å². The van der Waals surface area contributed by atoms with Gasteiger partial charge >= 0.3 is 0 Å². The SMILES string of the molecule is CN(C)S(=O)(=O)c1ccc(C(=O)NC[C@H](O)c2ccoc2)cc1. The van der Waals surface area contributed by atoms with E-state index in [1.54, 1.807) is 6.07 Å². The first kappa shape index (κ1) is 17.2. The molecule has 0 saturated heterocycles. The van der Waals surface area contributed by atoms with Gasteiger partial charge in [-0.05, 0) is 30.3 Å². The number of hydrogen-bond donors (Lipinski definition) is 2. The Morgan fingerprint density at radius 3 is 2.43 bits per heavy atom. The van der Waals surface area contributed by atoms with Gasteiger partial charge in [-0.15, -0.1) is 0 Å². The summed E-state index contributed by atoms with van der Waals surface area (Å²) in [6, 6.07) is 7.21. The molecule has 0 bridgehead atoms. The Balaban J connectivity index is 2.01. The van der Waals surface area contributed by atoms with Gasteiger partial charge in [-0.1, -0.05) is 0 Å². The second-order valence-corrected chi connectivity index (χ2v) is 7.25. The minimum absolute atomic E-state index is 0.0239. The lowest BCUT2D eigenvalue weighted by molar-refractivity contribution is 0.0916. The highest BCUT2D eigenvalue weighted by Crippen LogP contribution is 2.15. The Kier molecular flexibility index (Phi) is 5.19. The Morgan fingerprint density at radius 1 is 1.26 bits per heavy atom. The second kappa shape index (κ2) is 6.95. The number of carbonyl (C=O) groups excluding carboxylic acids is 1. The zero-order valence-corrected chi connectivity index (χ0v) is 13.6. The summed E-state index contributed by atoms with van der Waals surface area (Å²) < 4.78 is 29.8. The lowest BCUT2D eigenvalue weighted by Gasteiger charge is -2.12. The van der Waals surface area contributed by atoms with Crippen molar-refractivity contribution in [1.82, 2.24) is 9.62 Å². The number of sulfonamides is 1. The van der Waals surface area contributed by atoms with Gasteiger partial charge in [0, 0.05) is 31.8 Å². The number of nitrogens with one attached hydrogen (secondary N) is 1. The first-order chi connectivity index (χ1) is 10.8. The molecule has 1 atom stereocenters. The van der Waals surface area contributed by atoms with Crippen molar-refractivity contribution in [3.05, 3.63) is 54.0 Å². The molecule has 0 aliphatic heterocycles. The molecule has 0 saturated carbocycles. The van der Waals surface area contributed by atoms with Crippen molar-refractivity contribution in [3.8, 4) is 0 Å². The molecule has 0 aliphatic rings. The van der Waals surface area contributed by atoms with Crippen molar-refractivity contribution >= 4 is 15.9 Å². The molecule has 23 heavy (non-hydrogen) atoms. The average molecular weight is 338 g/mol. The van der Waals surface area contributed by atoms with Gasteiger partial charge in [-0.3, -0.25) is 4.79 Å². The zero-order valence-electron chi connectivity index (χ0n) is 12.8. The van der Waals surface area contributed by atoms with E-state index in [0.717, 1.165) is 4.31 Å². The lowest BCUT2D eigenvalue weighted by Crippen LogP contribution is -2.28. The Hall–Kier alpha value is -2.16. The molecular formula is C15H18N2O5S. The number of benzene rings is 1. The standard InChI is InChI=1S/C15H18N2O5S/c1-17(2)23(20,21)13-5-3-11(4-6-13)15(19)16-9-14(18)12-7-8-22-10-12/h3-8,10,14,18H,9H2,1-2H3,(H,16,19)/t14-/m0/s1. The molecule has 8 heteroatoms. The zero-order chi connectivity index (χ0) is 17.0. The largest absolute Gasteiger partial charge is 0.472 e. The summed E-state index contributed by atoms with van der Waals surface area (Å²) >= 11 is 0. The molecular weight excluding hydrogens is 320 g/mol. The first-order valence-electron chi connectivity index (χ1n) is 6.83. The van der Waals surface area contributed by atoms with E-state index in [0.29, 0.717) is 11.1 Å². The predicted octanol–water partition coefficient (Wildman–Crippen LogP) is 0.993. The van der Waals surface area contributed by atoms with Crippen molar-refractivity contribution in [3.63, 3.8) is 0 Å². The summed E-state index contributed by atoms with van der Waals surface area (Å²) in [7, 11) is -0.648. The third-order valence-electron chi connectivity index (χ3n) is 3.28. The fraction of sp³-hybridized carbons (Fsp3) is 0.267. The van der Waals surface area contributed by atoms with Crippen molar-refractivity contribution < 1.29 is 22.7 Å². The summed E-state index contributed by atoms with van der Waals surface area (Å²) in [5, 5.41) is 12.4. The second-order valence-electron chi connectivity index (χ2n) is 5.09. The lowest BCUT2D eigenvalue weighted by atomic mass is 10.2. The van der Waals surface area contributed by atoms with E-state index in [4.69, 9.17) is 4.42 Å². The highest BCUT2D eigenvalue weighted by atomic mass is 32.2.